The highest BCUT2D eigenvalue weighted by Gasteiger charge is 2.00. The van der Waals surface area contributed by atoms with Crippen LogP contribution in [0.1, 0.15) is 19.3 Å². The monoisotopic (exact) mass is 212 g/mol. The zero-order chi connectivity index (χ0) is 10.9. The lowest BCUT2D eigenvalue weighted by Crippen LogP contribution is -2.25. The van der Waals surface area contributed by atoms with Crippen molar-refractivity contribution >= 4 is 5.91 Å². The van der Waals surface area contributed by atoms with Gasteiger partial charge >= 0.3 is 0 Å². The summed E-state index contributed by atoms with van der Waals surface area (Å²) < 4.78 is 1.62. The van der Waals surface area contributed by atoms with E-state index in [2.05, 4.69) is 15.4 Å². The lowest BCUT2D eigenvalue weighted by Gasteiger charge is -2.04. The Balaban J connectivity index is 2.04. The first-order valence-electron chi connectivity index (χ1n) is 5.03. The maximum absolute atomic E-state index is 11.3. The largest absolute Gasteiger partial charge is 0.396 e. The Morgan fingerprint density at radius 2 is 2.33 bits per heavy atom. The lowest BCUT2D eigenvalue weighted by atomic mass is 10.3. The van der Waals surface area contributed by atoms with Gasteiger partial charge in [-0.15, -0.1) is 0 Å². The van der Waals surface area contributed by atoms with Crippen molar-refractivity contribution in [1.29, 1.82) is 0 Å². The molecule has 0 unspecified atom stereocenters. The lowest BCUT2D eigenvalue weighted by molar-refractivity contribution is -0.121. The minimum atomic E-state index is 0.00318. The minimum Gasteiger partial charge on any atom is -0.396 e. The molecule has 1 heterocycles. The van der Waals surface area contributed by atoms with Gasteiger partial charge in [0.25, 0.3) is 0 Å². The summed E-state index contributed by atoms with van der Waals surface area (Å²) in [4.78, 5) is 15.0. The third-order valence-electron chi connectivity index (χ3n) is 1.94. The number of aromatic nitrogens is 3. The van der Waals surface area contributed by atoms with Crippen molar-refractivity contribution in [1.82, 2.24) is 20.1 Å². The Hall–Kier alpha value is -1.43. The number of aryl methyl sites for hydroxylation is 1. The topological polar surface area (TPSA) is 80.0 Å². The number of carbonyl (C=O) groups is 1. The first-order valence-corrected chi connectivity index (χ1v) is 5.03. The molecule has 1 aromatic heterocycles. The van der Waals surface area contributed by atoms with Gasteiger partial charge < -0.3 is 10.4 Å². The average molecular weight is 212 g/mol. The molecule has 0 saturated heterocycles. The Kier molecular flexibility index (Phi) is 5.39. The van der Waals surface area contributed by atoms with Crippen molar-refractivity contribution in [3.63, 3.8) is 0 Å². The summed E-state index contributed by atoms with van der Waals surface area (Å²) in [5.41, 5.74) is 0. The second-order valence-corrected chi connectivity index (χ2v) is 3.19. The van der Waals surface area contributed by atoms with Gasteiger partial charge in [-0.05, 0) is 12.8 Å². The molecule has 0 bridgehead atoms. The van der Waals surface area contributed by atoms with Crippen LogP contribution in [-0.2, 0) is 11.3 Å². The maximum atomic E-state index is 11.3. The second kappa shape index (κ2) is 6.94. The third kappa shape index (κ3) is 5.11. The zero-order valence-electron chi connectivity index (χ0n) is 8.59. The van der Waals surface area contributed by atoms with Crippen LogP contribution in [0.3, 0.4) is 0 Å². The van der Waals surface area contributed by atoms with Crippen LogP contribution in [-0.4, -0.2) is 38.9 Å². The van der Waals surface area contributed by atoms with Gasteiger partial charge in [0.1, 0.15) is 12.7 Å². The molecule has 0 aliphatic heterocycles. The number of aliphatic hydroxyl groups is 1. The maximum Gasteiger partial charge on any atom is 0.221 e. The minimum absolute atomic E-state index is 0.00318. The Morgan fingerprint density at radius 3 is 3.00 bits per heavy atom. The summed E-state index contributed by atoms with van der Waals surface area (Å²) in [5.74, 6) is 0.00318. The van der Waals surface area contributed by atoms with E-state index in [1.807, 2.05) is 0 Å². The van der Waals surface area contributed by atoms with Gasteiger partial charge in [-0.2, -0.15) is 5.10 Å². The molecule has 2 N–H and O–H groups in total. The highest BCUT2D eigenvalue weighted by molar-refractivity contribution is 5.75. The molecule has 0 aromatic carbocycles. The van der Waals surface area contributed by atoms with E-state index in [-0.39, 0.29) is 12.5 Å². The molecule has 6 nitrogen and oxygen atoms in total. The molecule has 1 rings (SSSR count). The quantitative estimate of drug-likeness (QED) is 0.600. The van der Waals surface area contributed by atoms with Crippen LogP contribution in [0.5, 0.6) is 0 Å². The van der Waals surface area contributed by atoms with Crippen molar-refractivity contribution in [2.24, 2.45) is 0 Å². The molecular formula is C9H16N4O2. The predicted molar refractivity (Wildman–Crippen MR) is 54.0 cm³/mol. The second-order valence-electron chi connectivity index (χ2n) is 3.19. The summed E-state index contributed by atoms with van der Waals surface area (Å²) in [6, 6.07) is 0. The molecule has 0 saturated carbocycles. The fourth-order valence-corrected chi connectivity index (χ4v) is 1.12. The molecule has 0 aliphatic carbocycles. The van der Waals surface area contributed by atoms with Crippen molar-refractivity contribution in [2.75, 3.05) is 13.2 Å². The highest BCUT2D eigenvalue weighted by Crippen LogP contribution is 1.89. The fourth-order valence-electron chi connectivity index (χ4n) is 1.12. The van der Waals surface area contributed by atoms with Crippen LogP contribution in [0.25, 0.3) is 0 Å². The van der Waals surface area contributed by atoms with Crippen LogP contribution in [0.4, 0.5) is 0 Å². The van der Waals surface area contributed by atoms with Crippen molar-refractivity contribution in [3.05, 3.63) is 12.7 Å². The molecule has 0 aliphatic rings. The van der Waals surface area contributed by atoms with E-state index >= 15 is 0 Å². The van der Waals surface area contributed by atoms with Crippen LogP contribution in [0, 0.1) is 0 Å². The van der Waals surface area contributed by atoms with E-state index in [1.54, 1.807) is 11.0 Å². The van der Waals surface area contributed by atoms with E-state index in [9.17, 15) is 4.79 Å². The van der Waals surface area contributed by atoms with Gasteiger partial charge in [-0.1, -0.05) is 0 Å². The summed E-state index contributed by atoms with van der Waals surface area (Å²) in [5, 5.41) is 15.2. The van der Waals surface area contributed by atoms with Crippen LogP contribution in [0.15, 0.2) is 12.7 Å². The zero-order valence-corrected chi connectivity index (χ0v) is 8.59. The number of aliphatic hydroxyl groups excluding tert-OH is 1. The van der Waals surface area contributed by atoms with E-state index in [1.165, 1.54) is 6.33 Å². The first kappa shape index (κ1) is 11.6. The number of nitrogens with one attached hydrogen (secondary N) is 1. The van der Waals surface area contributed by atoms with Crippen molar-refractivity contribution in [2.45, 2.75) is 25.8 Å². The Labute approximate surface area is 88.3 Å². The standard InChI is InChI=1S/C9H16N4O2/c14-6-2-1-4-11-9(15)3-5-13-8-10-7-12-13/h7-8,14H,1-6H2,(H,11,15). The Bertz CT molecular complexity index is 274. The van der Waals surface area contributed by atoms with Gasteiger partial charge in [0, 0.05) is 19.6 Å². The SMILES string of the molecule is O=C(CCn1cncn1)NCCCCO. The van der Waals surface area contributed by atoms with Gasteiger partial charge in [-0.25, -0.2) is 4.98 Å². The number of hydrogen-bond donors (Lipinski definition) is 2. The average Bonchev–Trinajstić information content (AvgIpc) is 2.74. The number of carbonyl (C=O) groups excluding carboxylic acids is 1. The van der Waals surface area contributed by atoms with E-state index in [0.717, 1.165) is 12.8 Å². The van der Waals surface area contributed by atoms with Gasteiger partial charge in [0.15, 0.2) is 0 Å². The molecule has 15 heavy (non-hydrogen) atoms. The van der Waals surface area contributed by atoms with Crippen LogP contribution >= 0.6 is 0 Å². The number of amides is 1. The van der Waals surface area contributed by atoms with Crippen LogP contribution < -0.4 is 5.32 Å². The molecule has 1 amide bonds. The van der Waals surface area contributed by atoms with E-state index in [0.29, 0.717) is 19.5 Å². The number of rotatable bonds is 7. The number of unbranched alkanes of at least 4 members (excludes halogenated alkanes) is 1. The van der Waals surface area contributed by atoms with Crippen LogP contribution in [0.2, 0.25) is 0 Å². The molecule has 0 spiro atoms. The van der Waals surface area contributed by atoms with E-state index < -0.39 is 0 Å². The first-order chi connectivity index (χ1) is 7.33. The fraction of sp³-hybridized carbons (Fsp3) is 0.667. The molecule has 0 atom stereocenters. The summed E-state index contributed by atoms with van der Waals surface area (Å²) in [6.07, 6.45) is 4.97. The Morgan fingerprint density at radius 1 is 1.47 bits per heavy atom. The molecular weight excluding hydrogens is 196 g/mol. The molecule has 6 heteroatoms. The molecule has 84 valence electrons. The van der Waals surface area contributed by atoms with Crippen molar-refractivity contribution in [3.8, 4) is 0 Å². The summed E-state index contributed by atoms with van der Waals surface area (Å²) in [6.45, 7) is 1.34. The molecule has 1 aromatic rings. The van der Waals surface area contributed by atoms with Gasteiger partial charge in [-0.3, -0.25) is 9.48 Å². The highest BCUT2D eigenvalue weighted by atomic mass is 16.2. The summed E-state index contributed by atoms with van der Waals surface area (Å²) >= 11 is 0. The van der Waals surface area contributed by atoms with Crippen molar-refractivity contribution < 1.29 is 9.90 Å². The summed E-state index contributed by atoms with van der Waals surface area (Å²) in [7, 11) is 0. The smallest absolute Gasteiger partial charge is 0.221 e. The number of nitrogens with zero attached hydrogens (tertiary/aromatic N) is 3. The third-order valence-corrected chi connectivity index (χ3v) is 1.94. The van der Waals surface area contributed by atoms with Gasteiger partial charge in [0.05, 0.1) is 6.54 Å². The molecule has 0 radical (unpaired) electrons. The predicted octanol–water partition coefficient (Wildman–Crippen LogP) is -0.443. The number of hydrogen-bond acceptors (Lipinski definition) is 4. The van der Waals surface area contributed by atoms with E-state index in [4.69, 9.17) is 5.11 Å². The van der Waals surface area contributed by atoms with Gasteiger partial charge in [0.2, 0.25) is 5.91 Å². The normalized spacial score (nSPS) is 10.2. The molecule has 0 fully saturated rings.